The van der Waals surface area contributed by atoms with Crippen LogP contribution in [0.25, 0.3) is 0 Å². The summed E-state index contributed by atoms with van der Waals surface area (Å²) in [5.41, 5.74) is 3.42. The lowest BCUT2D eigenvalue weighted by Crippen LogP contribution is -2.30. The molecule has 13 heavy (non-hydrogen) atoms. The first-order valence-corrected chi connectivity index (χ1v) is 4.01. The fraction of sp³-hybridized carbons (Fsp3) is 0. The quantitative estimate of drug-likeness (QED) is 0.705. The molecule has 0 spiro atoms. The summed E-state index contributed by atoms with van der Waals surface area (Å²) in [6.07, 6.45) is 7.19. The second-order valence-electron chi connectivity index (χ2n) is 2.65. The van der Waals surface area contributed by atoms with Gasteiger partial charge >= 0.3 is 0 Å². The van der Waals surface area contributed by atoms with Crippen LogP contribution in [-0.4, -0.2) is 0 Å². The second-order valence-corrected chi connectivity index (χ2v) is 2.65. The Bertz CT molecular complexity index is 358. The highest BCUT2D eigenvalue weighted by molar-refractivity contribution is 5.50. The standard InChI is InChI=1S/C10H9FN2/c11-9-5-1-2-6-10(9)13-8-4-3-7-12-13/h1-8,12H. The van der Waals surface area contributed by atoms with Crippen LogP contribution >= 0.6 is 0 Å². The minimum Gasteiger partial charge on any atom is -0.302 e. The zero-order valence-corrected chi connectivity index (χ0v) is 6.94. The fourth-order valence-corrected chi connectivity index (χ4v) is 1.15. The maximum Gasteiger partial charge on any atom is 0.148 e. The molecule has 0 saturated carbocycles. The summed E-state index contributed by atoms with van der Waals surface area (Å²) in [7, 11) is 0. The molecule has 0 atom stereocenters. The van der Waals surface area contributed by atoms with E-state index in [1.54, 1.807) is 35.6 Å². The van der Waals surface area contributed by atoms with Gasteiger partial charge in [-0.15, -0.1) is 0 Å². The number of para-hydroxylation sites is 1. The first kappa shape index (κ1) is 7.86. The summed E-state index contributed by atoms with van der Waals surface area (Å²) in [6.45, 7) is 0. The van der Waals surface area contributed by atoms with E-state index in [9.17, 15) is 4.39 Å². The SMILES string of the molecule is Fc1ccccc1N1C=CC=CN1. The van der Waals surface area contributed by atoms with Gasteiger partial charge in [0.15, 0.2) is 0 Å². The van der Waals surface area contributed by atoms with Crippen molar-refractivity contribution in [3.8, 4) is 0 Å². The van der Waals surface area contributed by atoms with Gasteiger partial charge in [-0.2, -0.15) is 0 Å². The average molecular weight is 176 g/mol. The number of anilines is 1. The number of hydrazine groups is 1. The van der Waals surface area contributed by atoms with E-state index in [4.69, 9.17) is 0 Å². The van der Waals surface area contributed by atoms with Crippen molar-refractivity contribution in [1.29, 1.82) is 0 Å². The maximum absolute atomic E-state index is 13.2. The van der Waals surface area contributed by atoms with Crippen molar-refractivity contribution in [1.82, 2.24) is 5.43 Å². The highest BCUT2D eigenvalue weighted by atomic mass is 19.1. The molecular formula is C10H9FN2. The molecule has 2 nitrogen and oxygen atoms in total. The maximum atomic E-state index is 13.2. The third-order valence-corrected chi connectivity index (χ3v) is 1.77. The Balaban J connectivity index is 2.30. The first-order chi connectivity index (χ1) is 6.38. The molecule has 66 valence electrons. The number of hydrogen-bond acceptors (Lipinski definition) is 2. The minimum atomic E-state index is -0.241. The second kappa shape index (κ2) is 3.31. The molecular weight excluding hydrogens is 167 g/mol. The Hall–Kier alpha value is -1.77. The molecule has 0 radical (unpaired) electrons. The molecule has 0 saturated heterocycles. The Morgan fingerprint density at radius 1 is 1.15 bits per heavy atom. The number of halogens is 1. The van der Waals surface area contributed by atoms with Gasteiger partial charge < -0.3 is 5.43 Å². The number of nitrogens with zero attached hydrogens (tertiary/aromatic N) is 1. The number of nitrogens with one attached hydrogen (secondary N) is 1. The molecule has 1 heterocycles. The van der Waals surface area contributed by atoms with Gasteiger partial charge in [0.05, 0.1) is 5.69 Å². The highest BCUT2D eigenvalue weighted by Crippen LogP contribution is 2.17. The number of rotatable bonds is 1. The molecule has 1 N–H and O–H groups in total. The normalized spacial score (nSPS) is 14.4. The average Bonchev–Trinajstić information content (AvgIpc) is 2.20. The third-order valence-electron chi connectivity index (χ3n) is 1.77. The van der Waals surface area contributed by atoms with Crippen LogP contribution in [-0.2, 0) is 0 Å². The molecule has 0 aromatic heterocycles. The molecule has 0 fully saturated rings. The van der Waals surface area contributed by atoms with E-state index >= 15 is 0 Å². The van der Waals surface area contributed by atoms with E-state index in [2.05, 4.69) is 5.43 Å². The van der Waals surface area contributed by atoms with E-state index < -0.39 is 0 Å². The van der Waals surface area contributed by atoms with Gasteiger partial charge in [0.2, 0.25) is 0 Å². The van der Waals surface area contributed by atoms with Crippen molar-refractivity contribution >= 4 is 5.69 Å². The van der Waals surface area contributed by atoms with Crippen LogP contribution in [0.15, 0.2) is 48.8 Å². The molecule has 1 aliphatic heterocycles. The van der Waals surface area contributed by atoms with Gasteiger partial charge in [-0.1, -0.05) is 12.1 Å². The van der Waals surface area contributed by atoms with Crippen LogP contribution in [0.5, 0.6) is 0 Å². The molecule has 0 unspecified atom stereocenters. The van der Waals surface area contributed by atoms with Gasteiger partial charge in [0, 0.05) is 12.4 Å². The van der Waals surface area contributed by atoms with Gasteiger partial charge in [-0.25, -0.2) is 4.39 Å². The van der Waals surface area contributed by atoms with Crippen molar-refractivity contribution in [2.75, 3.05) is 5.01 Å². The monoisotopic (exact) mass is 176 g/mol. The molecule has 0 bridgehead atoms. The Morgan fingerprint density at radius 2 is 2.00 bits per heavy atom. The van der Waals surface area contributed by atoms with Gasteiger partial charge in [0.25, 0.3) is 0 Å². The van der Waals surface area contributed by atoms with Crippen LogP contribution in [0.2, 0.25) is 0 Å². The predicted molar refractivity (Wildman–Crippen MR) is 50.3 cm³/mol. The van der Waals surface area contributed by atoms with Crippen LogP contribution in [0, 0.1) is 5.82 Å². The minimum absolute atomic E-state index is 0.241. The molecule has 1 aliphatic rings. The molecule has 0 aliphatic carbocycles. The zero-order chi connectivity index (χ0) is 9.10. The molecule has 0 amide bonds. The van der Waals surface area contributed by atoms with Crippen molar-refractivity contribution in [2.45, 2.75) is 0 Å². The van der Waals surface area contributed by atoms with Gasteiger partial charge in [-0.3, -0.25) is 5.01 Å². The van der Waals surface area contributed by atoms with E-state index in [0.717, 1.165) is 0 Å². The number of benzene rings is 1. The molecule has 3 heteroatoms. The van der Waals surface area contributed by atoms with Crippen molar-refractivity contribution in [2.24, 2.45) is 0 Å². The number of allylic oxidation sites excluding steroid dienone is 2. The lowest BCUT2D eigenvalue weighted by atomic mass is 10.3. The van der Waals surface area contributed by atoms with Gasteiger partial charge in [0.1, 0.15) is 5.82 Å². The third kappa shape index (κ3) is 1.54. The Kier molecular flexibility index (Phi) is 2.00. The van der Waals surface area contributed by atoms with Crippen molar-refractivity contribution in [3.63, 3.8) is 0 Å². The predicted octanol–water partition coefficient (Wildman–Crippen LogP) is 2.18. The fourth-order valence-electron chi connectivity index (χ4n) is 1.15. The van der Waals surface area contributed by atoms with Crippen LogP contribution in [0.4, 0.5) is 10.1 Å². The van der Waals surface area contributed by atoms with Crippen molar-refractivity contribution < 1.29 is 4.39 Å². The lowest BCUT2D eigenvalue weighted by Gasteiger charge is -2.22. The molecule has 1 aromatic carbocycles. The number of hydrogen-bond donors (Lipinski definition) is 1. The summed E-state index contributed by atoms with van der Waals surface area (Å²) < 4.78 is 13.2. The summed E-state index contributed by atoms with van der Waals surface area (Å²) in [4.78, 5) is 0. The lowest BCUT2D eigenvalue weighted by molar-refractivity contribution is 0.620. The van der Waals surface area contributed by atoms with Crippen molar-refractivity contribution in [3.05, 3.63) is 54.6 Å². The smallest absolute Gasteiger partial charge is 0.148 e. The summed E-state index contributed by atoms with van der Waals surface area (Å²) in [6, 6.07) is 6.61. The summed E-state index contributed by atoms with van der Waals surface area (Å²) in [5, 5.41) is 1.62. The van der Waals surface area contributed by atoms with E-state index in [1.807, 2.05) is 12.2 Å². The van der Waals surface area contributed by atoms with Crippen LogP contribution in [0.3, 0.4) is 0 Å². The van der Waals surface area contributed by atoms with Gasteiger partial charge in [-0.05, 0) is 24.3 Å². The topological polar surface area (TPSA) is 15.3 Å². The summed E-state index contributed by atoms with van der Waals surface area (Å²) >= 11 is 0. The first-order valence-electron chi connectivity index (χ1n) is 4.01. The van der Waals surface area contributed by atoms with E-state index in [-0.39, 0.29) is 5.82 Å². The van der Waals surface area contributed by atoms with Crippen LogP contribution < -0.4 is 10.4 Å². The highest BCUT2D eigenvalue weighted by Gasteiger charge is 2.06. The Labute approximate surface area is 76.0 Å². The van der Waals surface area contributed by atoms with Crippen LogP contribution in [0.1, 0.15) is 0 Å². The van der Waals surface area contributed by atoms with E-state index in [1.165, 1.54) is 6.07 Å². The summed E-state index contributed by atoms with van der Waals surface area (Å²) in [5.74, 6) is -0.241. The zero-order valence-electron chi connectivity index (χ0n) is 6.94. The Morgan fingerprint density at radius 3 is 2.69 bits per heavy atom. The largest absolute Gasteiger partial charge is 0.302 e. The van der Waals surface area contributed by atoms with E-state index in [0.29, 0.717) is 5.69 Å². The molecule has 2 rings (SSSR count). The molecule has 1 aromatic rings.